The highest BCUT2D eigenvalue weighted by Crippen LogP contribution is 2.15. The topological polar surface area (TPSA) is 64.7 Å². The van der Waals surface area contributed by atoms with Gasteiger partial charge in [0.1, 0.15) is 0 Å². The minimum absolute atomic E-state index is 0.114. The third kappa shape index (κ3) is 6.84. The molecule has 4 nitrogen and oxygen atoms in total. The summed E-state index contributed by atoms with van der Waals surface area (Å²) >= 11 is 0. The number of hydrogen-bond donors (Lipinski definition) is 2. The lowest BCUT2D eigenvalue weighted by Gasteiger charge is -2.24. The second-order valence-electron chi connectivity index (χ2n) is 4.02. The largest absolute Gasteiger partial charge is 0.389 e. The maximum absolute atomic E-state index is 9.89. The van der Waals surface area contributed by atoms with Crippen LogP contribution in [0.2, 0.25) is 0 Å². The summed E-state index contributed by atoms with van der Waals surface area (Å²) in [6, 6.07) is 0. The Labute approximate surface area is 92.7 Å². The van der Waals surface area contributed by atoms with Crippen molar-refractivity contribution in [1.29, 1.82) is 0 Å². The molecule has 2 unspecified atom stereocenters. The maximum atomic E-state index is 9.89. The number of rotatable bonds is 9. The van der Waals surface area contributed by atoms with E-state index in [-0.39, 0.29) is 6.10 Å². The van der Waals surface area contributed by atoms with Gasteiger partial charge < -0.3 is 20.3 Å². The van der Waals surface area contributed by atoms with Crippen molar-refractivity contribution >= 4 is 0 Å². The van der Waals surface area contributed by atoms with Crippen molar-refractivity contribution in [2.45, 2.75) is 44.8 Å². The molecule has 0 amide bonds. The summed E-state index contributed by atoms with van der Waals surface area (Å²) in [5.74, 6) is 0. The van der Waals surface area contributed by atoms with Crippen LogP contribution in [0.1, 0.15) is 33.1 Å². The van der Waals surface area contributed by atoms with Crippen molar-refractivity contribution in [2.24, 2.45) is 5.73 Å². The van der Waals surface area contributed by atoms with Crippen LogP contribution >= 0.6 is 0 Å². The van der Waals surface area contributed by atoms with Gasteiger partial charge in [-0.3, -0.25) is 0 Å². The summed E-state index contributed by atoms with van der Waals surface area (Å²) in [5, 5.41) is 9.89. The van der Waals surface area contributed by atoms with E-state index in [1.165, 1.54) is 0 Å². The Hall–Kier alpha value is -0.160. The molecule has 0 fully saturated rings. The van der Waals surface area contributed by atoms with E-state index in [1.54, 1.807) is 7.11 Å². The minimum atomic E-state index is -0.714. The maximum Gasteiger partial charge on any atom is 0.0780 e. The van der Waals surface area contributed by atoms with Gasteiger partial charge in [-0.05, 0) is 26.2 Å². The molecule has 0 spiro atoms. The second kappa shape index (κ2) is 8.05. The average molecular weight is 219 g/mol. The van der Waals surface area contributed by atoms with Crippen molar-refractivity contribution in [3.8, 4) is 0 Å². The summed E-state index contributed by atoms with van der Waals surface area (Å²) in [6.45, 7) is 5.48. The summed E-state index contributed by atoms with van der Waals surface area (Å²) in [4.78, 5) is 0. The first-order valence-corrected chi connectivity index (χ1v) is 5.61. The van der Waals surface area contributed by atoms with Gasteiger partial charge in [-0.2, -0.15) is 0 Å². The molecule has 0 bridgehead atoms. The third-order valence-electron chi connectivity index (χ3n) is 2.63. The van der Waals surface area contributed by atoms with Crippen molar-refractivity contribution < 1.29 is 14.6 Å². The third-order valence-corrected chi connectivity index (χ3v) is 2.63. The minimum Gasteiger partial charge on any atom is -0.389 e. The second-order valence-corrected chi connectivity index (χ2v) is 4.02. The number of ether oxygens (including phenoxy) is 2. The zero-order valence-electron chi connectivity index (χ0n) is 10.2. The molecule has 0 aromatic rings. The highest BCUT2D eigenvalue weighted by Gasteiger charge is 2.21. The molecule has 0 aliphatic heterocycles. The predicted molar refractivity (Wildman–Crippen MR) is 60.8 cm³/mol. The van der Waals surface area contributed by atoms with E-state index in [4.69, 9.17) is 15.2 Å². The fraction of sp³-hybridized carbons (Fsp3) is 1.00. The van der Waals surface area contributed by atoms with Crippen LogP contribution in [0.15, 0.2) is 0 Å². The lowest BCUT2D eigenvalue weighted by Crippen LogP contribution is -2.37. The summed E-state index contributed by atoms with van der Waals surface area (Å²) in [5.41, 5.74) is 4.78. The normalized spacial score (nSPS) is 17.4. The molecule has 15 heavy (non-hydrogen) atoms. The smallest absolute Gasteiger partial charge is 0.0780 e. The van der Waals surface area contributed by atoms with Gasteiger partial charge in [-0.25, -0.2) is 0 Å². The molecule has 3 N–H and O–H groups in total. The lowest BCUT2D eigenvalue weighted by atomic mass is 9.95. The van der Waals surface area contributed by atoms with Crippen LogP contribution < -0.4 is 5.73 Å². The van der Waals surface area contributed by atoms with E-state index in [1.807, 2.05) is 13.8 Å². The molecule has 0 rings (SSSR count). The highest BCUT2D eigenvalue weighted by atomic mass is 16.5. The Morgan fingerprint density at radius 1 is 1.47 bits per heavy atom. The Morgan fingerprint density at radius 3 is 2.60 bits per heavy atom. The highest BCUT2D eigenvalue weighted by molar-refractivity contribution is 4.77. The van der Waals surface area contributed by atoms with E-state index < -0.39 is 5.60 Å². The monoisotopic (exact) mass is 219 g/mol. The van der Waals surface area contributed by atoms with Gasteiger partial charge in [0, 0.05) is 20.3 Å². The number of methoxy groups -OCH3 is 1. The predicted octanol–water partition coefficient (Wildman–Crippen LogP) is 0.918. The van der Waals surface area contributed by atoms with E-state index >= 15 is 0 Å². The molecule has 0 radical (unpaired) electrons. The Morgan fingerprint density at radius 2 is 2.13 bits per heavy atom. The first kappa shape index (κ1) is 14.8. The zero-order valence-corrected chi connectivity index (χ0v) is 10.2. The molecule has 0 aromatic heterocycles. The van der Waals surface area contributed by atoms with Crippen molar-refractivity contribution in [2.75, 3.05) is 26.9 Å². The van der Waals surface area contributed by atoms with E-state index in [0.29, 0.717) is 32.6 Å². The molecule has 0 aliphatic carbocycles. The van der Waals surface area contributed by atoms with Gasteiger partial charge in [0.2, 0.25) is 0 Å². The standard InChI is InChI=1S/C11H25NO3/c1-4-11(13,9-12)6-5-7-15-10(2)8-14-3/h10,13H,4-9,12H2,1-3H3. The van der Waals surface area contributed by atoms with Gasteiger partial charge in [0.25, 0.3) is 0 Å². The Balaban J connectivity index is 3.52. The van der Waals surface area contributed by atoms with E-state index in [9.17, 15) is 5.11 Å². The summed E-state index contributed by atoms with van der Waals surface area (Å²) < 4.78 is 10.4. The number of aliphatic hydroxyl groups is 1. The average Bonchev–Trinajstić information content (AvgIpc) is 2.24. The fourth-order valence-electron chi connectivity index (χ4n) is 1.39. The SMILES string of the molecule is CCC(O)(CN)CCCOC(C)COC. The molecule has 0 aromatic carbocycles. The van der Waals surface area contributed by atoms with Crippen LogP contribution in [-0.4, -0.2) is 43.7 Å². The van der Waals surface area contributed by atoms with Crippen LogP contribution in [0.3, 0.4) is 0 Å². The Kier molecular flexibility index (Phi) is 7.96. The van der Waals surface area contributed by atoms with E-state index in [0.717, 1.165) is 6.42 Å². The van der Waals surface area contributed by atoms with Crippen LogP contribution in [0, 0.1) is 0 Å². The Bertz CT molecular complexity index is 149. The number of hydrogen-bond acceptors (Lipinski definition) is 4. The molecule has 0 saturated heterocycles. The molecular weight excluding hydrogens is 194 g/mol. The van der Waals surface area contributed by atoms with Crippen LogP contribution in [0.4, 0.5) is 0 Å². The molecule has 92 valence electrons. The lowest BCUT2D eigenvalue weighted by molar-refractivity contribution is -0.00941. The van der Waals surface area contributed by atoms with Gasteiger partial charge in [-0.1, -0.05) is 6.92 Å². The van der Waals surface area contributed by atoms with Crippen LogP contribution in [0.5, 0.6) is 0 Å². The van der Waals surface area contributed by atoms with Crippen molar-refractivity contribution in [3.05, 3.63) is 0 Å². The summed E-state index contributed by atoms with van der Waals surface area (Å²) in [7, 11) is 1.66. The molecule has 4 heteroatoms. The first-order valence-electron chi connectivity index (χ1n) is 5.61. The number of nitrogens with two attached hydrogens (primary N) is 1. The van der Waals surface area contributed by atoms with Gasteiger partial charge in [0.15, 0.2) is 0 Å². The van der Waals surface area contributed by atoms with Crippen LogP contribution in [-0.2, 0) is 9.47 Å². The van der Waals surface area contributed by atoms with Crippen LogP contribution in [0.25, 0.3) is 0 Å². The van der Waals surface area contributed by atoms with Crippen molar-refractivity contribution in [3.63, 3.8) is 0 Å². The fourth-order valence-corrected chi connectivity index (χ4v) is 1.39. The molecular formula is C11H25NO3. The molecule has 0 heterocycles. The zero-order chi connectivity index (χ0) is 11.7. The summed E-state index contributed by atoms with van der Waals surface area (Å²) in [6.07, 6.45) is 2.33. The first-order chi connectivity index (χ1) is 7.08. The molecule has 0 saturated carbocycles. The molecule has 0 aliphatic rings. The van der Waals surface area contributed by atoms with Crippen molar-refractivity contribution in [1.82, 2.24) is 0 Å². The van der Waals surface area contributed by atoms with Gasteiger partial charge in [-0.15, -0.1) is 0 Å². The van der Waals surface area contributed by atoms with E-state index in [2.05, 4.69) is 0 Å². The van der Waals surface area contributed by atoms with Gasteiger partial charge in [0.05, 0.1) is 18.3 Å². The quantitative estimate of drug-likeness (QED) is 0.566. The molecule has 2 atom stereocenters. The van der Waals surface area contributed by atoms with Gasteiger partial charge >= 0.3 is 0 Å².